The number of nitrogens with two attached hydrogens (primary N) is 1. The van der Waals surface area contributed by atoms with Gasteiger partial charge >= 0.3 is 0 Å². The molecule has 1 atom stereocenters. The zero-order valence-electron chi connectivity index (χ0n) is 7.46. The van der Waals surface area contributed by atoms with Gasteiger partial charge in [-0.1, -0.05) is 29.8 Å². The Balaban J connectivity index is 3.19. The third kappa shape index (κ3) is 2.02. The molecule has 0 aliphatic rings. The van der Waals surface area contributed by atoms with Gasteiger partial charge in [0.05, 0.1) is 18.2 Å². The fourth-order valence-corrected chi connectivity index (χ4v) is 1.39. The van der Waals surface area contributed by atoms with Crippen molar-refractivity contribution in [3.63, 3.8) is 0 Å². The largest absolute Gasteiger partial charge is 0.495 e. The van der Waals surface area contributed by atoms with Gasteiger partial charge in [-0.25, -0.2) is 0 Å². The van der Waals surface area contributed by atoms with Crippen LogP contribution >= 0.6 is 11.6 Å². The molecule has 0 bridgehead atoms. The molecule has 0 spiro atoms. The Labute approximate surface area is 83.0 Å². The maximum absolute atomic E-state index is 5.92. The Hall–Kier alpha value is -0.990. The number of benzene rings is 1. The van der Waals surface area contributed by atoms with Gasteiger partial charge in [-0.05, 0) is 6.07 Å². The SMILES string of the molecule is C=C[C@@H](N)c1cccc(Cl)c1OC. The zero-order chi connectivity index (χ0) is 9.84. The second-order valence-corrected chi connectivity index (χ2v) is 3.03. The van der Waals surface area contributed by atoms with Crippen LogP contribution in [-0.4, -0.2) is 7.11 Å². The summed E-state index contributed by atoms with van der Waals surface area (Å²) < 4.78 is 5.14. The average molecular weight is 198 g/mol. The molecule has 0 fully saturated rings. The minimum Gasteiger partial charge on any atom is -0.495 e. The molecule has 2 nitrogen and oxygen atoms in total. The first-order valence-corrected chi connectivity index (χ1v) is 4.29. The van der Waals surface area contributed by atoms with Crippen LogP contribution in [0.2, 0.25) is 5.02 Å². The highest BCUT2D eigenvalue weighted by molar-refractivity contribution is 6.32. The lowest BCUT2D eigenvalue weighted by molar-refractivity contribution is 0.408. The Kier molecular flexibility index (Phi) is 3.34. The Morgan fingerprint density at radius 2 is 2.31 bits per heavy atom. The number of methoxy groups -OCH3 is 1. The van der Waals surface area contributed by atoms with E-state index in [4.69, 9.17) is 22.1 Å². The van der Waals surface area contributed by atoms with Crippen LogP contribution in [-0.2, 0) is 0 Å². The van der Waals surface area contributed by atoms with E-state index in [0.717, 1.165) is 5.56 Å². The van der Waals surface area contributed by atoms with Crippen molar-refractivity contribution in [2.75, 3.05) is 7.11 Å². The third-order valence-electron chi connectivity index (χ3n) is 1.81. The van der Waals surface area contributed by atoms with E-state index in [9.17, 15) is 0 Å². The third-order valence-corrected chi connectivity index (χ3v) is 2.11. The van der Waals surface area contributed by atoms with Crippen molar-refractivity contribution in [1.82, 2.24) is 0 Å². The monoisotopic (exact) mass is 197 g/mol. The number of rotatable bonds is 3. The van der Waals surface area contributed by atoms with Gasteiger partial charge in [0.25, 0.3) is 0 Å². The van der Waals surface area contributed by atoms with Crippen LogP contribution in [0.1, 0.15) is 11.6 Å². The van der Waals surface area contributed by atoms with Crippen LogP contribution in [0, 0.1) is 0 Å². The number of halogens is 1. The van der Waals surface area contributed by atoms with Crippen LogP contribution in [0.4, 0.5) is 0 Å². The van der Waals surface area contributed by atoms with E-state index < -0.39 is 0 Å². The molecule has 70 valence electrons. The van der Waals surface area contributed by atoms with E-state index in [1.165, 1.54) is 0 Å². The molecular formula is C10H12ClNO. The van der Waals surface area contributed by atoms with Crippen molar-refractivity contribution in [2.24, 2.45) is 5.73 Å². The summed E-state index contributed by atoms with van der Waals surface area (Å²) >= 11 is 5.92. The summed E-state index contributed by atoms with van der Waals surface area (Å²) in [6.07, 6.45) is 1.65. The minimum atomic E-state index is -0.242. The van der Waals surface area contributed by atoms with E-state index >= 15 is 0 Å². The quantitative estimate of drug-likeness (QED) is 0.756. The summed E-state index contributed by atoms with van der Waals surface area (Å²) in [5.41, 5.74) is 6.63. The first kappa shape index (κ1) is 10.1. The molecular weight excluding hydrogens is 186 g/mol. The van der Waals surface area contributed by atoms with Crippen LogP contribution in [0.15, 0.2) is 30.9 Å². The zero-order valence-corrected chi connectivity index (χ0v) is 8.21. The lowest BCUT2D eigenvalue weighted by Crippen LogP contribution is -2.08. The standard InChI is InChI=1S/C10H12ClNO/c1-3-9(12)7-5-4-6-8(11)10(7)13-2/h3-6,9H,1,12H2,2H3/t9-/m1/s1. The second-order valence-electron chi connectivity index (χ2n) is 2.62. The normalized spacial score (nSPS) is 12.2. The molecule has 0 heterocycles. The number of hydrogen-bond donors (Lipinski definition) is 1. The summed E-state index contributed by atoms with van der Waals surface area (Å²) in [4.78, 5) is 0. The molecule has 0 aliphatic carbocycles. The van der Waals surface area contributed by atoms with Gasteiger partial charge in [-0.3, -0.25) is 0 Å². The summed E-state index contributed by atoms with van der Waals surface area (Å²) in [5.74, 6) is 0.622. The summed E-state index contributed by atoms with van der Waals surface area (Å²) in [7, 11) is 1.57. The Bertz CT molecular complexity index is 312. The molecule has 0 amide bonds. The highest BCUT2D eigenvalue weighted by Crippen LogP contribution is 2.31. The van der Waals surface area contributed by atoms with E-state index in [1.807, 2.05) is 12.1 Å². The summed E-state index contributed by atoms with van der Waals surface area (Å²) in [6, 6.07) is 5.23. The van der Waals surface area contributed by atoms with Crippen LogP contribution in [0.25, 0.3) is 0 Å². The van der Waals surface area contributed by atoms with E-state index in [1.54, 1.807) is 19.3 Å². The second kappa shape index (κ2) is 4.30. The van der Waals surface area contributed by atoms with Gasteiger partial charge in [0.2, 0.25) is 0 Å². The molecule has 1 rings (SSSR count). The molecule has 0 aliphatic heterocycles. The predicted molar refractivity (Wildman–Crippen MR) is 55.1 cm³/mol. The van der Waals surface area contributed by atoms with Gasteiger partial charge in [0.1, 0.15) is 5.75 Å². The van der Waals surface area contributed by atoms with E-state index in [2.05, 4.69) is 6.58 Å². The van der Waals surface area contributed by atoms with E-state index in [-0.39, 0.29) is 6.04 Å². The lowest BCUT2D eigenvalue weighted by Gasteiger charge is -2.12. The smallest absolute Gasteiger partial charge is 0.142 e. The van der Waals surface area contributed by atoms with Gasteiger partial charge in [-0.15, -0.1) is 6.58 Å². The molecule has 1 aromatic carbocycles. The topological polar surface area (TPSA) is 35.2 Å². The maximum atomic E-state index is 5.92. The Morgan fingerprint density at radius 1 is 1.62 bits per heavy atom. The first-order chi connectivity index (χ1) is 6.20. The molecule has 0 saturated carbocycles. The van der Waals surface area contributed by atoms with Gasteiger partial charge in [-0.2, -0.15) is 0 Å². The molecule has 13 heavy (non-hydrogen) atoms. The van der Waals surface area contributed by atoms with Crippen molar-refractivity contribution in [2.45, 2.75) is 6.04 Å². The number of hydrogen-bond acceptors (Lipinski definition) is 2. The maximum Gasteiger partial charge on any atom is 0.142 e. The van der Waals surface area contributed by atoms with Gasteiger partial charge in [0, 0.05) is 5.56 Å². The minimum absolute atomic E-state index is 0.242. The van der Waals surface area contributed by atoms with Crippen molar-refractivity contribution in [1.29, 1.82) is 0 Å². The number of ether oxygens (including phenoxy) is 1. The molecule has 1 aromatic rings. The van der Waals surface area contributed by atoms with Crippen molar-refractivity contribution in [3.05, 3.63) is 41.4 Å². The number of para-hydroxylation sites is 1. The van der Waals surface area contributed by atoms with Crippen molar-refractivity contribution in [3.8, 4) is 5.75 Å². The Morgan fingerprint density at radius 3 is 2.85 bits per heavy atom. The lowest BCUT2D eigenvalue weighted by atomic mass is 10.1. The van der Waals surface area contributed by atoms with Crippen molar-refractivity contribution >= 4 is 11.6 Å². The highest BCUT2D eigenvalue weighted by atomic mass is 35.5. The molecule has 0 aromatic heterocycles. The van der Waals surface area contributed by atoms with Crippen LogP contribution in [0.3, 0.4) is 0 Å². The van der Waals surface area contributed by atoms with E-state index in [0.29, 0.717) is 10.8 Å². The molecule has 0 unspecified atom stereocenters. The molecule has 0 saturated heterocycles. The van der Waals surface area contributed by atoms with Gasteiger partial charge < -0.3 is 10.5 Å². The van der Waals surface area contributed by atoms with Crippen molar-refractivity contribution < 1.29 is 4.74 Å². The summed E-state index contributed by atoms with van der Waals surface area (Å²) in [6.45, 7) is 3.62. The average Bonchev–Trinajstić information content (AvgIpc) is 2.16. The molecule has 0 radical (unpaired) electrons. The summed E-state index contributed by atoms with van der Waals surface area (Å²) in [5, 5.41) is 0.567. The van der Waals surface area contributed by atoms with Crippen LogP contribution < -0.4 is 10.5 Å². The predicted octanol–water partition coefficient (Wildman–Crippen LogP) is 2.53. The van der Waals surface area contributed by atoms with Gasteiger partial charge in [0.15, 0.2) is 0 Å². The fourth-order valence-electron chi connectivity index (χ4n) is 1.13. The molecule has 2 N–H and O–H groups in total. The highest BCUT2D eigenvalue weighted by Gasteiger charge is 2.10. The van der Waals surface area contributed by atoms with Crippen LogP contribution in [0.5, 0.6) is 5.75 Å². The fraction of sp³-hybridized carbons (Fsp3) is 0.200. The first-order valence-electron chi connectivity index (χ1n) is 3.91. The molecule has 3 heteroatoms.